The fraction of sp³-hybridized carbons (Fsp3) is 0.400. The topological polar surface area (TPSA) is 36.1 Å². The summed E-state index contributed by atoms with van der Waals surface area (Å²) in [6, 6.07) is 7.96. The van der Waals surface area contributed by atoms with Gasteiger partial charge in [-0.3, -0.25) is 4.79 Å². The third kappa shape index (κ3) is 2.01. The van der Waals surface area contributed by atoms with Crippen LogP contribution < -0.4 is 0 Å². The molecule has 0 spiro atoms. The maximum atomic E-state index is 12.5. The number of fused-ring (bicyclic) bond motifs is 1. The van der Waals surface area contributed by atoms with E-state index in [0.29, 0.717) is 0 Å². The third-order valence-electron chi connectivity index (χ3n) is 3.66. The molecule has 0 bridgehead atoms. The van der Waals surface area contributed by atoms with Gasteiger partial charge in [-0.25, -0.2) is 0 Å². The fourth-order valence-electron chi connectivity index (χ4n) is 2.39. The van der Waals surface area contributed by atoms with Crippen molar-refractivity contribution in [1.29, 1.82) is 0 Å². The zero-order valence-corrected chi connectivity index (χ0v) is 10.6. The Labute approximate surface area is 107 Å². The summed E-state index contributed by atoms with van der Waals surface area (Å²) in [5, 5.41) is 1.02. The van der Waals surface area contributed by atoms with Gasteiger partial charge >= 0.3 is 0 Å². The molecule has 0 saturated heterocycles. The molecule has 0 aliphatic heterocycles. The third-order valence-corrected chi connectivity index (χ3v) is 3.66. The monoisotopic (exact) mass is 242 g/mol. The van der Waals surface area contributed by atoms with Gasteiger partial charge in [0.1, 0.15) is 0 Å². The number of carbonyl (C=O) groups excluding carboxylic acids is 1. The molecule has 1 amide bonds. The predicted octanol–water partition coefficient (Wildman–Crippen LogP) is 3.04. The number of nitrogens with one attached hydrogen (secondary N) is 1. The minimum absolute atomic E-state index is 0.154. The standard InChI is InChI=1S/C15H18N2O/c1-2-17(10-11-7-8-11)15(18)13-9-16-14-6-4-3-5-12(13)14/h3-6,9,11,16H,2,7-8,10H2,1H3. The molecule has 2 aromatic rings. The lowest BCUT2D eigenvalue weighted by molar-refractivity contribution is 0.0759. The van der Waals surface area contributed by atoms with Gasteiger partial charge in [-0.15, -0.1) is 0 Å². The molecule has 3 heteroatoms. The first-order chi connectivity index (χ1) is 8.79. The summed E-state index contributed by atoms with van der Waals surface area (Å²) in [6.07, 6.45) is 4.39. The van der Waals surface area contributed by atoms with E-state index in [-0.39, 0.29) is 5.91 Å². The Bertz CT molecular complexity index is 569. The molecule has 1 heterocycles. The zero-order valence-electron chi connectivity index (χ0n) is 10.6. The number of hydrogen-bond donors (Lipinski definition) is 1. The number of H-pyrrole nitrogens is 1. The van der Waals surface area contributed by atoms with Crippen LogP contribution in [-0.4, -0.2) is 28.9 Å². The second-order valence-electron chi connectivity index (χ2n) is 5.04. The van der Waals surface area contributed by atoms with Crippen molar-refractivity contribution in [3.8, 4) is 0 Å². The number of rotatable bonds is 4. The highest BCUT2D eigenvalue weighted by Gasteiger charge is 2.27. The number of para-hydroxylation sites is 1. The molecule has 1 aliphatic carbocycles. The first-order valence-electron chi connectivity index (χ1n) is 6.65. The summed E-state index contributed by atoms with van der Waals surface area (Å²) in [5.74, 6) is 0.890. The number of amides is 1. The maximum Gasteiger partial charge on any atom is 0.256 e. The minimum atomic E-state index is 0.154. The molecule has 1 N–H and O–H groups in total. The van der Waals surface area contributed by atoms with Crippen LogP contribution in [0.15, 0.2) is 30.5 Å². The van der Waals surface area contributed by atoms with Crippen LogP contribution in [0.3, 0.4) is 0 Å². The van der Waals surface area contributed by atoms with E-state index in [2.05, 4.69) is 11.9 Å². The molecular weight excluding hydrogens is 224 g/mol. The second kappa shape index (κ2) is 4.48. The van der Waals surface area contributed by atoms with E-state index in [1.165, 1.54) is 12.8 Å². The Balaban J connectivity index is 1.89. The van der Waals surface area contributed by atoms with Crippen molar-refractivity contribution in [2.75, 3.05) is 13.1 Å². The van der Waals surface area contributed by atoms with Crippen molar-refractivity contribution in [2.24, 2.45) is 5.92 Å². The Hall–Kier alpha value is -1.77. The normalized spacial score (nSPS) is 14.9. The highest BCUT2D eigenvalue weighted by atomic mass is 16.2. The first kappa shape index (κ1) is 11.3. The number of carbonyl (C=O) groups is 1. The molecule has 1 aliphatic rings. The largest absolute Gasteiger partial charge is 0.360 e. The molecule has 94 valence electrons. The molecule has 1 aromatic heterocycles. The molecule has 3 nitrogen and oxygen atoms in total. The van der Waals surface area contributed by atoms with E-state index in [4.69, 9.17) is 0 Å². The molecule has 3 rings (SSSR count). The van der Waals surface area contributed by atoms with Crippen molar-refractivity contribution in [2.45, 2.75) is 19.8 Å². The Morgan fingerprint density at radius 1 is 1.39 bits per heavy atom. The lowest BCUT2D eigenvalue weighted by Crippen LogP contribution is -2.32. The van der Waals surface area contributed by atoms with Gasteiger partial charge in [-0.05, 0) is 31.7 Å². The van der Waals surface area contributed by atoms with Gasteiger partial charge in [-0.2, -0.15) is 0 Å². The maximum absolute atomic E-state index is 12.5. The van der Waals surface area contributed by atoms with Crippen LogP contribution in [0.25, 0.3) is 10.9 Å². The molecule has 0 radical (unpaired) electrons. The molecule has 1 fully saturated rings. The summed E-state index contributed by atoms with van der Waals surface area (Å²) < 4.78 is 0. The van der Waals surface area contributed by atoms with Crippen LogP contribution >= 0.6 is 0 Å². The average molecular weight is 242 g/mol. The number of aromatic nitrogens is 1. The van der Waals surface area contributed by atoms with E-state index in [9.17, 15) is 4.79 Å². The smallest absolute Gasteiger partial charge is 0.256 e. The number of nitrogens with zero attached hydrogens (tertiary/aromatic N) is 1. The van der Waals surface area contributed by atoms with Gasteiger partial charge in [0.2, 0.25) is 0 Å². The molecule has 1 saturated carbocycles. The van der Waals surface area contributed by atoms with Crippen LogP contribution in [0, 0.1) is 5.92 Å². The van der Waals surface area contributed by atoms with Crippen LogP contribution in [0.4, 0.5) is 0 Å². The van der Waals surface area contributed by atoms with Crippen molar-refractivity contribution >= 4 is 16.8 Å². The minimum Gasteiger partial charge on any atom is -0.360 e. The van der Waals surface area contributed by atoms with Crippen molar-refractivity contribution in [3.63, 3.8) is 0 Å². The summed E-state index contributed by atoms with van der Waals surface area (Å²) >= 11 is 0. The summed E-state index contributed by atoms with van der Waals surface area (Å²) in [6.45, 7) is 3.75. The van der Waals surface area contributed by atoms with Crippen LogP contribution in [0.1, 0.15) is 30.1 Å². The molecule has 0 atom stereocenters. The number of hydrogen-bond acceptors (Lipinski definition) is 1. The lowest BCUT2D eigenvalue weighted by atomic mass is 10.1. The van der Waals surface area contributed by atoms with E-state index in [1.54, 1.807) is 0 Å². The first-order valence-corrected chi connectivity index (χ1v) is 6.65. The Morgan fingerprint density at radius 2 is 2.17 bits per heavy atom. The summed E-state index contributed by atoms with van der Waals surface area (Å²) in [4.78, 5) is 17.7. The van der Waals surface area contributed by atoms with Gasteiger partial charge in [0.25, 0.3) is 5.91 Å². The van der Waals surface area contributed by atoms with E-state index >= 15 is 0 Å². The highest BCUT2D eigenvalue weighted by molar-refractivity contribution is 6.06. The summed E-state index contributed by atoms with van der Waals surface area (Å²) in [7, 11) is 0. The Morgan fingerprint density at radius 3 is 2.89 bits per heavy atom. The van der Waals surface area contributed by atoms with E-state index in [0.717, 1.165) is 35.5 Å². The van der Waals surface area contributed by atoms with Gasteiger partial charge in [-0.1, -0.05) is 18.2 Å². The van der Waals surface area contributed by atoms with Crippen LogP contribution in [0.5, 0.6) is 0 Å². The lowest BCUT2D eigenvalue weighted by Gasteiger charge is -2.20. The summed E-state index contributed by atoms with van der Waals surface area (Å²) in [5.41, 5.74) is 1.83. The SMILES string of the molecule is CCN(CC1CC1)C(=O)c1c[nH]c2ccccc12. The molecule has 0 unspecified atom stereocenters. The van der Waals surface area contributed by atoms with Crippen LogP contribution in [0.2, 0.25) is 0 Å². The van der Waals surface area contributed by atoms with Crippen molar-refractivity contribution in [1.82, 2.24) is 9.88 Å². The van der Waals surface area contributed by atoms with Gasteiger partial charge in [0.05, 0.1) is 5.56 Å². The quantitative estimate of drug-likeness (QED) is 0.879. The zero-order chi connectivity index (χ0) is 12.5. The second-order valence-corrected chi connectivity index (χ2v) is 5.04. The van der Waals surface area contributed by atoms with Gasteiger partial charge in [0, 0.05) is 30.2 Å². The predicted molar refractivity (Wildman–Crippen MR) is 72.6 cm³/mol. The molecular formula is C15H18N2O. The molecule has 1 aromatic carbocycles. The van der Waals surface area contributed by atoms with Gasteiger partial charge < -0.3 is 9.88 Å². The Kier molecular flexibility index (Phi) is 2.82. The van der Waals surface area contributed by atoms with Crippen molar-refractivity contribution < 1.29 is 4.79 Å². The van der Waals surface area contributed by atoms with E-state index < -0.39 is 0 Å². The number of benzene rings is 1. The van der Waals surface area contributed by atoms with E-state index in [1.807, 2.05) is 35.4 Å². The molecule has 18 heavy (non-hydrogen) atoms. The van der Waals surface area contributed by atoms with Gasteiger partial charge in [0.15, 0.2) is 0 Å². The fourth-order valence-corrected chi connectivity index (χ4v) is 2.39. The highest BCUT2D eigenvalue weighted by Crippen LogP contribution is 2.30. The number of aromatic amines is 1. The average Bonchev–Trinajstić information content (AvgIpc) is 3.12. The van der Waals surface area contributed by atoms with Crippen LogP contribution in [-0.2, 0) is 0 Å². The van der Waals surface area contributed by atoms with Crippen molar-refractivity contribution in [3.05, 3.63) is 36.0 Å².